The number of nitrogens with two attached hydrogens (primary N) is 1. The van der Waals surface area contributed by atoms with Crippen LogP contribution in [0.4, 0.5) is 5.95 Å². The molecule has 1 saturated heterocycles. The zero-order valence-corrected chi connectivity index (χ0v) is 21.5. The number of hydrogen-bond acceptors (Lipinski definition) is 9. The number of aromatic nitrogens is 6. The third-order valence-corrected chi connectivity index (χ3v) is 7.85. The number of nitrogens with zero attached hydrogens (tertiary/aromatic N) is 8. The van der Waals surface area contributed by atoms with Crippen molar-refractivity contribution in [3.63, 3.8) is 0 Å². The molecule has 2 N–H and O–H groups in total. The fourth-order valence-corrected chi connectivity index (χ4v) is 5.30. The standard InChI is InChI=1S/C27H31N9O2/c1-19(37)35-12-9-34(10-13-35)11-14-36-18-22(17-31-36)24-32-25(33-38-24)27(7-2-8-27)23-5-3-20(4-6-23)21-15-29-26(28)30-16-21/h3-6,15-18H,2,7-14H2,1H3,(H2,28,29,30). The van der Waals surface area contributed by atoms with Gasteiger partial charge in [0.25, 0.3) is 5.89 Å². The van der Waals surface area contributed by atoms with Gasteiger partial charge in [0.1, 0.15) is 0 Å². The Balaban J connectivity index is 1.12. The van der Waals surface area contributed by atoms with Crippen LogP contribution >= 0.6 is 0 Å². The average Bonchev–Trinajstić information content (AvgIpc) is 3.58. The average molecular weight is 514 g/mol. The molecule has 4 aromatic rings. The lowest BCUT2D eigenvalue weighted by atomic mass is 9.64. The normalized spacial score (nSPS) is 17.3. The largest absolute Gasteiger partial charge is 0.368 e. The lowest BCUT2D eigenvalue weighted by Gasteiger charge is -2.39. The smallest absolute Gasteiger partial charge is 0.261 e. The first-order valence-electron chi connectivity index (χ1n) is 13.0. The van der Waals surface area contributed by atoms with Gasteiger partial charge in [0.2, 0.25) is 11.9 Å². The van der Waals surface area contributed by atoms with E-state index in [2.05, 4.69) is 49.4 Å². The highest BCUT2D eigenvalue weighted by atomic mass is 16.5. The fourth-order valence-electron chi connectivity index (χ4n) is 5.30. The number of anilines is 1. The van der Waals surface area contributed by atoms with Crippen LogP contribution in [0, 0.1) is 0 Å². The van der Waals surface area contributed by atoms with Crippen LogP contribution in [0.15, 0.2) is 53.6 Å². The van der Waals surface area contributed by atoms with Crippen LogP contribution in [0.1, 0.15) is 37.6 Å². The minimum Gasteiger partial charge on any atom is -0.368 e. The van der Waals surface area contributed by atoms with Crippen molar-refractivity contribution < 1.29 is 9.32 Å². The molecule has 4 heterocycles. The molecular formula is C27H31N9O2. The predicted octanol–water partition coefficient (Wildman–Crippen LogP) is 2.61. The van der Waals surface area contributed by atoms with Crippen molar-refractivity contribution in [2.45, 2.75) is 38.1 Å². The summed E-state index contributed by atoms with van der Waals surface area (Å²) in [5.74, 6) is 1.62. The van der Waals surface area contributed by atoms with Gasteiger partial charge in [-0.3, -0.25) is 14.4 Å². The molecule has 6 rings (SSSR count). The van der Waals surface area contributed by atoms with Gasteiger partial charge in [-0.15, -0.1) is 0 Å². The Morgan fingerprint density at radius 1 is 0.974 bits per heavy atom. The molecular weight excluding hydrogens is 482 g/mol. The molecule has 0 spiro atoms. The molecule has 38 heavy (non-hydrogen) atoms. The minimum absolute atomic E-state index is 0.147. The maximum absolute atomic E-state index is 11.5. The number of benzene rings is 1. The molecule has 2 aliphatic rings. The second-order valence-corrected chi connectivity index (χ2v) is 10.1. The number of nitrogen functional groups attached to an aromatic ring is 1. The van der Waals surface area contributed by atoms with Crippen molar-refractivity contribution in [3.05, 3.63) is 60.4 Å². The zero-order valence-electron chi connectivity index (χ0n) is 21.5. The molecule has 196 valence electrons. The summed E-state index contributed by atoms with van der Waals surface area (Å²) >= 11 is 0. The van der Waals surface area contributed by atoms with Gasteiger partial charge in [-0.1, -0.05) is 35.8 Å². The van der Waals surface area contributed by atoms with Crippen LogP contribution in [0.3, 0.4) is 0 Å². The Bertz CT molecular complexity index is 1400. The maximum atomic E-state index is 11.5. The molecule has 3 aromatic heterocycles. The molecule has 2 fully saturated rings. The van der Waals surface area contributed by atoms with Crippen molar-refractivity contribution >= 4 is 11.9 Å². The van der Waals surface area contributed by atoms with Crippen LogP contribution in [-0.4, -0.2) is 78.3 Å². The number of amides is 1. The quantitative estimate of drug-likeness (QED) is 0.396. The van der Waals surface area contributed by atoms with Gasteiger partial charge in [0.05, 0.1) is 23.7 Å². The van der Waals surface area contributed by atoms with E-state index >= 15 is 0 Å². The van der Waals surface area contributed by atoms with Gasteiger partial charge in [0, 0.05) is 63.8 Å². The Hall–Kier alpha value is -4.12. The Labute approximate surface area is 220 Å². The number of carbonyl (C=O) groups excluding carboxylic acids is 1. The summed E-state index contributed by atoms with van der Waals surface area (Å²) in [5, 5.41) is 8.91. The van der Waals surface area contributed by atoms with Crippen LogP contribution in [0.5, 0.6) is 0 Å². The molecule has 0 bridgehead atoms. The number of carbonyl (C=O) groups is 1. The molecule has 11 heteroatoms. The molecule has 11 nitrogen and oxygen atoms in total. The summed E-state index contributed by atoms with van der Waals surface area (Å²) in [7, 11) is 0. The fraction of sp³-hybridized carbons (Fsp3) is 0.407. The summed E-state index contributed by atoms with van der Waals surface area (Å²) in [4.78, 5) is 28.8. The molecule has 1 amide bonds. The first-order valence-corrected chi connectivity index (χ1v) is 13.0. The summed E-state index contributed by atoms with van der Waals surface area (Å²) in [5.41, 5.74) is 9.33. The Kier molecular flexibility index (Phi) is 6.36. The summed E-state index contributed by atoms with van der Waals surface area (Å²) < 4.78 is 7.62. The van der Waals surface area contributed by atoms with E-state index in [0.717, 1.165) is 81.0 Å². The Morgan fingerprint density at radius 2 is 1.71 bits per heavy atom. The minimum atomic E-state index is -0.240. The summed E-state index contributed by atoms with van der Waals surface area (Å²) in [6.45, 7) is 6.61. The van der Waals surface area contributed by atoms with E-state index in [9.17, 15) is 4.79 Å². The first-order chi connectivity index (χ1) is 18.5. The molecule has 1 saturated carbocycles. The second-order valence-electron chi connectivity index (χ2n) is 10.1. The summed E-state index contributed by atoms with van der Waals surface area (Å²) in [6, 6.07) is 8.43. The topological polar surface area (TPSA) is 132 Å². The van der Waals surface area contributed by atoms with Crippen LogP contribution in [0.25, 0.3) is 22.6 Å². The lowest BCUT2D eigenvalue weighted by molar-refractivity contribution is -0.130. The van der Waals surface area contributed by atoms with Crippen LogP contribution in [0.2, 0.25) is 0 Å². The van der Waals surface area contributed by atoms with E-state index in [1.54, 1.807) is 25.5 Å². The van der Waals surface area contributed by atoms with Crippen molar-refractivity contribution in [1.29, 1.82) is 0 Å². The third-order valence-electron chi connectivity index (χ3n) is 7.85. The highest BCUT2D eigenvalue weighted by Gasteiger charge is 2.44. The highest BCUT2D eigenvalue weighted by molar-refractivity contribution is 5.73. The molecule has 1 aliphatic heterocycles. The van der Waals surface area contributed by atoms with Crippen molar-refractivity contribution in [3.8, 4) is 22.6 Å². The molecule has 0 atom stereocenters. The monoisotopic (exact) mass is 513 g/mol. The van der Waals surface area contributed by atoms with Gasteiger partial charge in [0.15, 0.2) is 5.82 Å². The van der Waals surface area contributed by atoms with E-state index in [0.29, 0.717) is 5.89 Å². The Morgan fingerprint density at radius 3 is 2.37 bits per heavy atom. The van der Waals surface area contributed by atoms with Gasteiger partial charge in [-0.25, -0.2) is 9.97 Å². The van der Waals surface area contributed by atoms with E-state index in [-0.39, 0.29) is 17.3 Å². The predicted molar refractivity (Wildman–Crippen MR) is 141 cm³/mol. The summed E-state index contributed by atoms with van der Waals surface area (Å²) in [6.07, 6.45) is 10.3. The molecule has 1 aliphatic carbocycles. The number of piperazine rings is 1. The van der Waals surface area contributed by atoms with Crippen LogP contribution in [-0.2, 0) is 16.8 Å². The van der Waals surface area contributed by atoms with E-state index < -0.39 is 0 Å². The van der Waals surface area contributed by atoms with Crippen LogP contribution < -0.4 is 5.73 Å². The van der Waals surface area contributed by atoms with Crippen molar-refractivity contribution in [2.24, 2.45) is 0 Å². The third kappa shape index (κ3) is 4.65. The van der Waals surface area contributed by atoms with Crippen molar-refractivity contribution in [2.75, 3.05) is 38.5 Å². The lowest BCUT2D eigenvalue weighted by Crippen LogP contribution is -2.48. The second kappa shape index (κ2) is 9.97. The van der Waals surface area contributed by atoms with Gasteiger partial charge in [-0.05, 0) is 24.0 Å². The van der Waals surface area contributed by atoms with E-state index in [1.165, 1.54) is 5.56 Å². The van der Waals surface area contributed by atoms with Crippen molar-refractivity contribution in [1.82, 2.24) is 39.7 Å². The first kappa shape index (κ1) is 24.2. The van der Waals surface area contributed by atoms with E-state index in [1.807, 2.05) is 15.8 Å². The SMILES string of the molecule is CC(=O)N1CCN(CCn2cc(-c3nc(C4(c5ccc(-c6cnc(N)nc6)cc5)CCC4)no3)cn2)CC1. The maximum Gasteiger partial charge on any atom is 0.261 e. The highest BCUT2D eigenvalue weighted by Crippen LogP contribution is 2.48. The van der Waals surface area contributed by atoms with Gasteiger partial charge < -0.3 is 15.2 Å². The molecule has 0 unspecified atom stereocenters. The molecule has 1 aromatic carbocycles. The number of rotatable bonds is 7. The zero-order chi connectivity index (χ0) is 26.1. The molecule has 0 radical (unpaired) electrons. The van der Waals surface area contributed by atoms with Gasteiger partial charge >= 0.3 is 0 Å². The number of hydrogen-bond donors (Lipinski definition) is 1. The van der Waals surface area contributed by atoms with Gasteiger partial charge in [-0.2, -0.15) is 10.1 Å². The van der Waals surface area contributed by atoms with E-state index in [4.69, 9.17) is 15.2 Å².